The fourth-order valence-electron chi connectivity index (χ4n) is 3.77. The number of amides is 2. The second-order valence-electron chi connectivity index (χ2n) is 7.55. The Morgan fingerprint density at radius 1 is 1.11 bits per heavy atom. The summed E-state index contributed by atoms with van der Waals surface area (Å²) < 4.78 is 0. The van der Waals surface area contributed by atoms with Crippen LogP contribution in [0, 0.1) is 0 Å². The summed E-state index contributed by atoms with van der Waals surface area (Å²) in [6.07, 6.45) is 3.92. The first kappa shape index (κ1) is 18.7. The predicted octanol–water partition coefficient (Wildman–Crippen LogP) is 3.42. The molecule has 148 valence electrons. The van der Waals surface area contributed by atoms with Gasteiger partial charge >= 0.3 is 6.03 Å². The molecule has 0 radical (unpaired) electrons. The van der Waals surface area contributed by atoms with Crippen LogP contribution >= 0.6 is 0 Å². The summed E-state index contributed by atoms with van der Waals surface area (Å²) in [5.41, 5.74) is 2.93. The molecule has 28 heavy (non-hydrogen) atoms. The predicted molar refractivity (Wildman–Crippen MR) is 113 cm³/mol. The zero-order valence-corrected chi connectivity index (χ0v) is 16.6. The van der Waals surface area contributed by atoms with Crippen molar-refractivity contribution in [3.63, 3.8) is 0 Å². The van der Waals surface area contributed by atoms with Crippen LogP contribution in [-0.4, -0.2) is 59.6 Å². The molecule has 0 atom stereocenters. The molecule has 1 aromatic carbocycles. The van der Waals surface area contributed by atoms with Crippen LogP contribution in [0.1, 0.15) is 25.5 Å². The number of carbonyl (C=O) groups is 1. The van der Waals surface area contributed by atoms with E-state index in [1.165, 1.54) is 0 Å². The van der Waals surface area contributed by atoms with E-state index >= 15 is 0 Å². The van der Waals surface area contributed by atoms with Crippen molar-refractivity contribution in [2.75, 3.05) is 42.9 Å². The Hall–Kier alpha value is -2.60. The lowest BCUT2D eigenvalue weighted by atomic mass is 10.2. The van der Waals surface area contributed by atoms with Gasteiger partial charge in [-0.1, -0.05) is 25.1 Å². The van der Waals surface area contributed by atoms with E-state index in [1.807, 2.05) is 41.3 Å². The van der Waals surface area contributed by atoms with Crippen molar-refractivity contribution >= 4 is 17.4 Å². The summed E-state index contributed by atoms with van der Waals surface area (Å²) in [7, 11) is 0. The quantitative estimate of drug-likeness (QED) is 0.836. The number of benzene rings is 1. The first-order chi connectivity index (χ1) is 13.7. The number of anilines is 2. The molecule has 2 amide bonds. The monoisotopic (exact) mass is 379 g/mol. The standard InChI is InChI=1S/C22H29N5O/c1-2-25-13-15-26(16-14-25)21-9-4-3-8-20(21)24-22(28)27(19-10-11-19)17-18-7-5-6-12-23-18/h3-9,12,19H,2,10-11,13-17H2,1H3,(H,24,28). The molecule has 1 saturated heterocycles. The Morgan fingerprint density at radius 3 is 2.54 bits per heavy atom. The molecule has 6 heteroatoms. The first-order valence-corrected chi connectivity index (χ1v) is 10.3. The zero-order valence-electron chi connectivity index (χ0n) is 16.6. The topological polar surface area (TPSA) is 51.7 Å². The average molecular weight is 380 g/mol. The highest BCUT2D eigenvalue weighted by atomic mass is 16.2. The molecule has 2 fully saturated rings. The van der Waals surface area contributed by atoms with E-state index in [0.29, 0.717) is 12.6 Å². The molecule has 1 aromatic heterocycles. The van der Waals surface area contributed by atoms with Gasteiger partial charge in [-0.15, -0.1) is 0 Å². The highest BCUT2D eigenvalue weighted by Gasteiger charge is 2.33. The van der Waals surface area contributed by atoms with E-state index in [4.69, 9.17) is 0 Å². The van der Waals surface area contributed by atoms with Crippen LogP contribution in [0.5, 0.6) is 0 Å². The van der Waals surface area contributed by atoms with Crippen LogP contribution < -0.4 is 10.2 Å². The SMILES string of the molecule is CCN1CCN(c2ccccc2NC(=O)N(Cc2ccccn2)C2CC2)CC1. The van der Waals surface area contributed by atoms with Gasteiger partial charge in [-0.2, -0.15) is 0 Å². The van der Waals surface area contributed by atoms with Crippen LogP contribution in [0.25, 0.3) is 0 Å². The number of aromatic nitrogens is 1. The fraction of sp³-hybridized carbons (Fsp3) is 0.455. The van der Waals surface area contributed by atoms with E-state index in [2.05, 4.69) is 33.1 Å². The van der Waals surface area contributed by atoms with Crippen LogP contribution in [0.4, 0.5) is 16.2 Å². The maximum absolute atomic E-state index is 13.1. The number of urea groups is 1. The number of nitrogens with one attached hydrogen (secondary N) is 1. The maximum atomic E-state index is 13.1. The molecule has 4 rings (SSSR count). The number of pyridine rings is 1. The van der Waals surface area contributed by atoms with Crippen molar-refractivity contribution in [1.29, 1.82) is 0 Å². The molecule has 2 heterocycles. The van der Waals surface area contributed by atoms with Gasteiger partial charge in [-0.25, -0.2) is 4.79 Å². The average Bonchev–Trinajstić information content (AvgIpc) is 3.58. The number of carbonyl (C=O) groups excluding carboxylic acids is 1. The summed E-state index contributed by atoms with van der Waals surface area (Å²) in [4.78, 5) is 24.2. The smallest absolute Gasteiger partial charge is 0.322 e. The van der Waals surface area contributed by atoms with Gasteiger partial charge in [0.1, 0.15) is 0 Å². The molecule has 2 aliphatic rings. The molecule has 6 nitrogen and oxygen atoms in total. The van der Waals surface area contributed by atoms with Crippen LogP contribution in [-0.2, 0) is 6.54 Å². The molecule has 1 saturated carbocycles. The largest absolute Gasteiger partial charge is 0.367 e. The van der Waals surface area contributed by atoms with Gasteiger partial charge in [0.2, 0.25) is 0 Å². The first-order valence-electron chi connectivity index (χ1n) is 10.3. The molecule has 2 aromatic rings. The van der Waals surface area contributed by atoms with Gasteiger partial charge in [-0.05, 0) is 43.7 Å². The van der Waals surface area contributed by atoms with Crippen molar-refractivity contribution in [3.8, 4) is 0 Å². The molecule has 1 aliphatic heterocycles. The van der Waals surface area contributed by atoms with Gasteiger partial charge in [0.25, 0.3) is 0 Å². The summed E-state index contributed by atoms with van der Waals surface area (Å²) in [6, 6.07) is 14.3. The number of rotatable bonds is 6. The number of likely N-dealkylation sites (N-methyl/N-ethyl adjacent to an activating group) is 1. The highest BCUT2D eigenvalue weighted by Crippen LogP contribution is 2.31. The minimum absolute atomic E-state index is 0.0344. The van der Waals surface area contributed by atoms with E-state index < -0.39 is 0 Å². The van der Waals surface area contributed by atoms with Crippen LogP contribution in [0.15, 0.2) is 48.7 Å². The number of piperazine rings is 1. The molecule has 0 unspecified atom stereocenters. The highest BCUT2D eigenvalue weighted by molar-refractivity contribution is 5.93. The number of para-hydroxylation sites is 2. The molecular weight excluding hydrogens is 350 g/mol. The van der Waals surface area contributed by atoms with Crippen LogP contribution in [0.3, 0.4) is 0 Å². The van der Waals surface area contributed by atoms with E-state index in [9.17, 15) is 4.79 Å². The lowest BCUT2D eigenvalue weighted by molar-refractivity contribution is 0.205. The molecule has 1 N–H and O–H groups in total. The molecule has 0 spiro atoms. The van der Waals surface area contributed by atoms with Gasteiger partial charge in [0.05, 0.1) is 23.6 Å². The number of nitrogens with zero attached hydrogens (tertiary/aromatic N) is 4. The summed E-state index contributed by atoms with van der Waals surface area (Å²) in [6.45, 7) is 7.95. The Morgan fingerprint density at radius 2 is 1.86 bits per heavy atom. The fourth-order valence-corrected chi connectivity index (χ4v) is 3.77. The molecule has 0 bridgehead atoms. The van der Waals surface area contributed by atoms with E-state index in [0.717, 1.165) is 62.6 Å². The minimum Gasteiger partial charge on any atom is -0.367 e. The van der Waals surface area contributed by atoms with Crippen molar-refractivity contribution in [2.45, 2.75) is 32.4 Å². The van der Waals surface area contributed by atoms with Crippen LogP contribution in [0.2, 0.25) is 0 Å². The Balaban J connectivity index is 1.46. The van der Waals surface area contributed by atoms with E-state index in [-0.39, 0.29) is 6.03 Å². The third-order valence-corrected chi connectivity index (χ3v) is 5.61. The van der Waals surface area contributed by atoms with Gasteiger partial charge < -0.3 is 20.0 Å². The number of hydrogen-bond acceptors (Lipinski definition) is 4. The van der Waals surface area contributed by atoms with Gasteiger partial charge in [0.15, 0.2) is 0 Å². The third-order valence-electron chi connectivity index (χ3n) is 5.61. The minimum atomic E-state index is -0.0344. The van der Waals surface area contributed by atoms with Gasteiger partial charge in [-0.3, -0.25) is 4.98 Å². The van der Waals surface area contributed by atoms with Crippen molar-refractivity contribution in [2.24, 2.45) is 0 Å². The van der Waals surface area contributed by atoms with Crippen molar-refractivity contribution in [1.82, 2.24) is 14.8 Å². The normalized spacial score (nSPS) is 17.4. The second-order valence-corrected chi connectivity index (χ2v) is 7.55. The zero-order chi connectivity index (χ0) is 19.3. The third kappa shape index (κ3) is 4.44. The Labute approximate surface area is 167 Å². The Bertz CT molecular complexity index is 785. The Kier molecular flexibility index (Phi) is 5.76. The second kappa shape index (κ2) is 8.61. The summed E-state index contributed by atoms with van der Waals surface area (Å²) >= 11 is 0. The summed E-state index contributed by atoms with van der Waals surface area (Å²) in [5.74, 6) is 0. The van der Waals surface area contributed by atoms with Gasteiger partial charge in [0, 0.05) is 38.4 Å². The van der Waals surface area contributed by atoms with Crippen molar-refractivity contribution < 1.29 is 4.79 Å². The molecular formula is C22H29N5O. The van der Waals surface area contributed by atoms with E-state index in [1.54, 1.807) is 6.20 Å². The maximum Gasteiger partial charge on any atom is 0.322 e. The molecule has 1 aliphatic carbocycles. The lowest BCUT2D eigenvalue weighted by Gasteiger charge is -2.36. The summed E-state index contributed by atoms with van der Waals surface area (Å²) in [5, 5.41) is 3.18. The van der Waals surface area contributed by atoms with Crippen molar-refractivity contribution in [3.05, 3.63) is 54.4 Å². The lowest BCUT2D eigenvalue weighted by Crippen LogP contribution is -2.46. The number of hydrogen-bond donors (Lipinski definition) is 1.